The molecule has 0 amide bonds. The van der Waals surface area contributed by atoms with Crippen LogP contribution in [0.1, 0.15) is 25.3 Å². The van der Waals surface area contributed by atoms with Crippen molar-refractivity contribution >= 4 is 51.8 Å². The van der Waals surface area contributed by atoms with E-state index in [0.29, 0.717) is 13.2 Å². The van der Waals surface area contributed by atoms with Crippen molar-refractivity contribution in [2.24, 2.45) is 0 Å². The predicted octanol–water partition coefficient (Wildman–Crippen LogP) is 4.42. The summed E-state index contributed by atoms with van der Waals surface area (Å²) < 4.78 is 10.4. The van der Waals surface area contributed by atoms with Crippen molar-refractivity contribution in [2.75, 3.05) is 18.9 Å². The van der Waals surface area contributed by atoms with Crippen molar-refractivity contribution in [2.45, 2.75) is 31.6 Å². The molecule has 1 aromatic heterocycles. The summed E-state index contributed by atoms with van der Waals surface area (Å²) in [6.07, 6.45) is 0.126. The van der Waals surface area contributed by atoms with E-state index < -0.39 is 5.97 Å². The van der Waals surface area contributed by atoms with E-state index in [4.69, 9.17) is 15.7 Å². The van der Waals surface area contributed by atoms with Gasteiger partial charge in [-0.2, -0.15) is 5.26 Å². The Bertz CT molecular complexity index is 961. The van der Waals surface area contributed by atoms with Gasteiger partial charge in [-0.05, 0) is 38.1 Å². The number of nitrogen functional groups attached to an aromatic ring is 1. The minimum absolute atomic E-state index is 0.145. The molecule has 0 aliphatic heterocycles. The standard InChI is InChI=1S/C11H11NO2S.C6H7NS.C5H7NO2/c1-2-14-11(13)7-10-12-8-5-3-4-6-9(8)15-10;7-5-3-1-2-4-6(5)8;1-2-8-5(7)3-4-6/h3-6H,2,7H2,1H3;1-4,8H,7H2;2-3H2,1H3. The lowest BCUT2D eigenvalue weighted by Gasteiger charge is -1.97. The van der Waals surface area contributed by atoms with E-state index in [0.717, 1.165) is 25.8 Å². The first-order chi connectivity index (χ1) is 14.9. The zero-order valence-corrected chi connectivity index (χ0v) is 19.1. The number of nitrogens with two attached hydrogens (primary N) is 1. The average Bonchev–Trinajstić information content (AvgIpc) is 3.14. The SMILES string of the molecule is CCOC(=O)CC#N.CCOC(=O)Cc1nc2ccccc2s1.Nc1ccccc1S. The predicted molar refractivity (Wildman–Crippen MR) is 125 cm³/mol. The summed E-state index contributed by atoms with van der Waals surface area (Å²) in [5, 5.41) is 8.73. The molecular weight excluding hydrogens is 434 g/mol. The van der Waals surface area contributed by atoms with Crippen LogP contribution in [0.4, 0.5) is 5.69 Å². The van der Waals surface area contributed by atoms with Crippen molar-refractivity contribution in [3.8, 4) is 6.07 Å². The topological polar surface area (TPSA) is 115 Å². The molecule has 0 aliphatic carbocycles. The number of nitrogens with zero attached hydrogens (tertiary/aromatic N) is 2. The number of esters is 2. The van der Waals surface area contributed by atoms with E-state index in [-0.39, 0.29) is 18.8 Å². The summed E-state index contributed by atoms with van der Waals surface area (Å²) in [5.41, 5.74) is 7.12. The molecule has 2 aromatic carbocycles. The number of nitriles is 1. The number of anilines is 1. The van der Waals surface area contributed by atoms with Gasteiger partial charge in [0, 0.05) is 10.6 Å². The van der Waals surface area contributed by atoms with Gasteiger partial charge >= 0.3 is 11.9 Å². The molecule has 3 aromatic rings. The molecule has 2 N–H and O–H groups in total. The van der Waals surface area contributed by atoms with Crippen molar-refractivity contribution in [1.29, 1.82) is 5.26 Å². The highest BCUT2D eigenvalue weighted by molar-refractivity contribution is 7.80. The number of thiol groups is 1. The molecule has 0 unspecified atom stereocenters. The number of carbonyl (C=O) groups is 2. The van der Waals surface area contributed by atoms with Gasteiger partial charge in [0.05, 0.1) is 35.9 Å². The van der Waals surface area contributed by atoms with Crippen LogP contribution in [0.25, 0.3) is 10.2 Å². The first-order valence-electron chi connectivity index (χ1n) is 9.47. The van der Waals surface area contributed by atoms with Crippen molar-refractivity contribution < 1.29 is 19.1 Å². The van der Waals surface area contributed by atoms with E-state index in [1.165, 1.54) is 11.3 Å². The number of thiazole rings is 1. The van der Waals surface area contributed by atoms with Crippen LogP contribution in [0.5, 0.6) is 0 Å². The first-order valence-corrected chi connectivity index (χ1v) is 10.7. The fourth-order valence-corrected chi connectivity index (χ4v) is 3.21. The Kier molecular flexibility index (Phi) is 12.4. The molecular formula is C22H25N3O4S2. The number of aromatic nitrogens is 1. The van der Waals surface area contributed by atoms with Crippen LogP contribution in [0, 0.1) is 11.3 Å². The van der Waals surface area contributed by atoms with Crippen LogP contribution >= 0.6 is 24.0 Å². The third-order valence-electron chi connectivity index (χ3n) is 3.40. The van der Waals surface area contributed by atoms with E-state index >= 15 is 0 Å². The maximum absolute atomic E-state index is 11.2. The number of hydrogen-bond donors (Lipinski definition) is 2. The first kappa shape index (κ1) is 25.9. The van der Waals surface area contributed by atoms with Gasteiger partial charge in [0.15, 0.2) is 0 Å². The maximum Gasteiger partial charge on any atom is 0.320 e. The summed E-state index contributed by atoms with van der Waals surface area (Å²) in [5.74, 6) is -0.661. The smallest absolute Gasteiger partial charge is 0.320 e. The molecule has 0 saturated carbocycles. The largest absolute Gasteiger partial charge is 0.466 e. The zero-order chi connectivity index (χ0) is 23.1. The summed E-state index contributed by atoms with van der Waals surface area (Å²) in [6.45, 7) is 4.27. The van der Waals surface area contributed by atoms with Gasteiger partial charge in [-0.25, -0.2) is 4.98 Å². The van der Waals surface area contributed by atoms with Crippen molar-refractivity contribution in [1.82, 2.24) is 4.98 Å². The number of para-hydroxylation sites is 2. The lowest BCUT2D eigenvalue weighted by atomic mass is 10.3. The third-order valence-corrected chi connectivity index (χ3v) is 4.85. The van der Waals surface area contributed by atoms with E-state index in [2.05, 4.69) is 22.3 Å². The molecule has 0 saturated heterocycles. The second kappa shape index (κ2) is 14.8. The van der Waals surface area contributed by atoms with Gasteiger partial charge in [0.2, 0.25) is 0 Å². The van der Waals surface area contributed by atoms with E-state index in [1.807, 2.05) is 48.5 Å². The lowest BCUT2D eigenvalue weighted by molar-refractivity contribution is -0.143. The average molecular weight is 460 g/mol. The maximum atomic E-state index is 11.2. The molecule has 7 nitrogen and oxygen atoms in total. The molecule has 0 spiro atoms. The van der Waals surface area contributed by atoms with Crippen LogP contribution in [0.15, 0.2) is 53.4 Å². The summed E-state index contributed by atoms with van der Waals surface area (Å²) in [4.78, 5) is 26.6. The third kappa shape index (κ3) is 10.5. The number of benzene rings is 2. The number of carbonyl (C=O) groups excluding carboxylic acids is 2. The van der Waals surface area contributed by atoms with Crippen LogP contribution < -0.4 is 5.73 Å². The van der Waals surface area contributed by atoms with Gasteiger partial charge in [0.1, 0.15) is 11.4 Å². The minimum atomic E-state index is -0.449. The number of rotatable bonds is 5. The highest BCUT2D eigenvalue weighted by atomic mass is 32.1. The Hall–Kier alpha value is -3.09. The van der Waals surface area contributed by atoms with Crippen LogP contribution in [0.3, 0.4) is 0 Å². The Labute approximate surface area is 191 Å². The molecule has 31 heavy (non-hydrogen) atoms. The molecule has 0 radical (unpaired) electrons. The monoisotopic (exact) mass is 459 g/mol. The lowest BCUT2D eigenvalue weighted by Crippen LogP contribution is -2.06. The minimum Gasteiger partial charge on any atom is -0.466 e. The molecule has 3 rings (SSSR count). The summed E-state index contributed by atoms with van der Waals surface area (Å²) >= 11 is 5.61. The van der Waals surface area contributed by atoms with Crippen LogP contribution in [0.2, 0.25) is 0 Å². The van der Waals surface area contributed by atoms with E-state index in [1.54, 1.807) is 19.9 Å². The second-order valence-electron chi connectivity index (χ2n) is 5.76. The Morgan fingerprint density at radius 1 is 1.06 bits per heavy atom. The molecule has 1 heterocycles. The molecule has 0 bridgehead atoms. The van der Waals surface area contributed by atoms with Crippen LogP contribution in [-0.4, -0.2) is 30.1 Å². The van der Waals surface area contributed by atoms with Gasteiger partial charge in [-0.1, -0.05) is 24.3 Å². The zero-order valence-electron chi connectivity index (χ0n) is 17.4. The Morgan fingerprint density at radius 3 is 2.23 bits per heavy atom. The second-order valence-corrected chi connectivity index (χ2v) is 7.35. The van der Waals surface area contributed by atoms with Crippen molar-refractivity contribution in [3.63, 3.8) is 0 Å². The molecule has 0 atom stereocenters. The van der Waals surface area contributed by atoms with E-state index in [9.17, 15) is 9.59 Å². The molecule has 164 valence electrons. The molecule has 9 heteroatoms. The summed E-state index contributed by atoms with van der Waals surface area (Å²) in [7, 11) is 0. The van der Waals surface area contributed by atoms with Crippen molar-refractivity contribution in [3.05, 3.63) is 53.5 Å². The number of hydrogen-bond acceptors (Lipinski definition) is 9. The Morgan fingerprint density at radius 2 is 1.68 bits per heavy atom. The Balaban J connectivity index is 0.000000256. The van der Waals surface area contributed by atoms with Gasteiger partial charge in [-0.3, -0.25) is 9.59 Å². The fraction of sp³-hybridized carbons (Fsp3) is 0.273. The highest BCUT2D eigenvalue weighted by Crippen LogP contribution is 2.21. The molecule has 0 aliphatic rings. The quantitative estimate of drug-likeness (QED) is 0.329. The fourth-order valence-electron chi connectivity index (χ4n) is 2.10. The van der Waals surface area contributed by atoms with Gasteiger partial charge < -0.3 is 15.2 Å². The number of fused-ring (bicyclic) bond motifs is 1. The summed E-state index contributed by atoms with van der Waals surface area (Å²) in [6, 6.07) is 17.0. The van der Waals surface area contributed by atoms with Gasteiger partial charge in [-0.15, -0.1) is 24.0 Å². The van der Waals surface area contributed by atoms with Crippen LogP contribution in [-0.2, 0) is 25.5 Å². The number of ether oxygens (including phenoxy) is 2. The molecule has 0 fully saturated rings. The normalized spacial score (nSPS) is 9.35. The van der Waals surface area contributed by atoms with Gasteiger partial charge in [0.25, 0.3) is 0 Å². The highest BCUT2D eigenvalue weighted by Gasteiger charge is 2.08.